The number of rotatable bonds is 6. The van der Waals surface area contributed by atoms with Crippen molar-refractivity contribution >= 4 is 5.91 Å². The molecular formula is C16H20N4O. The van der Waals surface area contributed by atoms with Gasteiger partial charge in [0.15, 0.2) is 0 Å². The van der Waals surface area contributed by atoms with Crippen LogP contribution in [-0.4, -0.2) is 47.5 Å². The maximum absolute atomic E-state index is 12.0. The molecule has 1 unspecified atom stereocenters. The number of hydrogen-bond acceptors (Lipinski definition) is 4. The van der Waals surface area contributed by atoms with Crippen LogP contribution in [0.4, 0.5) is 0 Å². The average Bonchev–Trinajstić information content (AvgIpc) is 2.52. The zero-order valence-corrected chi connectivity index (χ0v) is 12.4. The van der Waals surface area contributed by atoms with Crippen LogP contribution in [0.25, 0.3) is 0 Å². The van der Waals surface area contributed by atoms with Crippen molar-refractivity contribution < 1.29 is 4.79 Å². The van der Waals surface area contributed by atoms with E-state index in [1.807, 2.05) is 32.3 Å². The molecule has 0 bridgehead atoms. The molecule has 0 aliphatic carbocycles. The summed E-state index contributed by atoms with van der Waals surface area (Å²) in [7, 11) is 4.03. The van der Waals surface area contributed by atoms with Gasteiger partial charge in [0.05, 0.1) is 6.20 Å². The first kappa shape index (κ1) is 15.1. The van der Waals surface area contributed by atoms with E-state index in [2.05, 4.69) is 32.3 Å². The highest BCUT2D eigenvalue weighted by molar-refractivity contribution is 5.91. The summed E-state index contributed by atoms with van der Waals surface area (Å²) >= 11 is 0. The van der Waals surface area contributed by atoms with Crippen molar-refractivity contribution in [3.05, 3.63) is 60.2 Å². The molecule has 0 saturated carbocycles. The van der Waals surface area contributed by atoms with Gasteiger partial charge in [-0.2, -0.15) is 0 Å². The topological polar surface area (TPSA) is 58.1 Å². The number of nitrogens with one attached hydrogen (secondary N) is 1. The van der Waals surface area contributed by atoms with Gasteiger partial charge in [0, 0.05) is 25.0 Å². The van der Waals surface area contributed by atoms with Crippen molar-refractivity contribution in [2.45, 2.75) is 12.5 Å². The van der Waals surface area contributed by atoms with Gasteiger partial charge in [-0.3, -0.25) is 9.78 Å². The fourth-order valence-corrected chi connectivity index (χ4v) is 2.04. The number of nitrogens with zero attached hydrogens (tertiary/aromatic N) is 3. The zero-order chi connectivity index (χ0) is 15.1. The van der Waals surface area contributed by atoms with Crippen molar-refractivity contribution in [1.82, 2.24) is 20.2 Å². The molecule has 1 N–H and O–H groups in total. The molecule has 0 radical (unpaired) electrons. The van der Waals surface area contributed by atoms with E-state index >= 15 is 0 Å². The number of likely N-dealkylation sites (N-methyl/N-ethyl adjacent to an activating group) is 1. The molecule has 1 amide bonds. The lowest BCUT2D eigenvalue weighted by Gasteiger charge is -2.24. The molecule has 1 aromatic carbocycles. The monoisotopic (exact) mass is 284 g/mol. The third-order valence-electron chi connectivity index (χ3n) is 3.34. The van der Waals surface area contributed by atoms with Crippen molar-refractivity contribution in [1.29, 1.82) is 0 Å². The smallest absolute Gasteiger partial charge is 0.271 e. The largest absolute Gasteiger partial charge is 0.349 e. The molecule has 0 spiro atoms. The molecule has 2 aromatic rings. The first-order valence-corrected chi connectivity index (χ1v) is 6.91. The standard InChI is InChI=1S/C16H20N4O/c1-20(2)14(10-13-6-4-3-5-7-13)11-19-16(21)15-12-17-8-9-18-15/h3-9,12,14H,10-11H2,1-2H3,(H,19,21). The Morgan fingerprint density at radius 2 is 2.00 bits per heavy atom. The van der Waals surface area contributed by atoms with Crippen LogP contribution in [0.1, 0.15) is 16.1 Å². The number of benzene rings is 1. The fourth-order valence-electron chi connectivity index (χ4n) is 2.04. The summed E-state index contributed by atoms with van der Waals surface area (Å²) in [5.74, 6) is -0.192. The number of amides is 1. The Morgan fingerprint density at radius 1 is 1.24 bits per heavy atom. The Balaban J connectivity index is 1.93. The maximum atomic E-state index is 12.0. The van der Waals surface area contributed by atoms with Gasteiger partial charge in [0.1, 0.15) is 5.69 Å². The van der Waals surface area contributed by atoms with Crippen LogP contribution in [0.15, 0.2) is 48.9 Å². The van der Waals surface area contributed by atoms with Crippen LogP contribution in [0, 0.1) is 0 Å². The highest BCUT2D eigenvalue weighted by Crippen LogP contribution is 2.06. The second-order valence-electron chi connectivity index (χ2n) is 5.11. The lowest BCUT2D eigenvalue weighted by Crippen LogP contribution is -2.41. The average molecular weight is 284 g/mol. The van der Waals surface area contributed by atoms with Crippen molar-refractivity contribution in [3.63, 3.8) is 0 Å². The van der Waals surface area contributed by atoms with E-state index in [9.17, 15) is 4.79 Å². The predicted molar refractivity (Wildman–Crippen MR) is 82.0 cm³/mol. The molecule has 1 aromatic heterocycles. The van der Waals surface area contributed by atoms with Gasteiger partial charge in [-0.25, -0.2) is 4.98 Å². The Bertz CT molecular complexity index is 557. The van der Waals surface area contributed by atoms with Gasteiger partial charge in [-0.1, -0.05) is 30.3 Å². The molecule has 0 aliphatic heterocycles. The Kier molecular flexibility index (Phi) is 5.40. The van der Waals surface area contributed by atoms with Crippen LogP contribution in [0.2, 0.25) is 0 Å². The van der Waals surface area contributed by atoms with E-state index in [0.29, 0.717) is 12.2 Å². The van der Waals surface area contributed by atoms with Gasteiger partial charge in [-0.15, -0.1) is 0 Å². The van der Waals surface area contributed by atoms with Gasteiger partial charge < -0.3 is 10.2 Å². The summed E-state index contributed by atoms with van der Waals surface area (Å²) in [6.07, 6.45) is 5.42. The number of aromatic nitrogens is 2. The van der Waals surface area contributed by atoms with Gasteiger partial charge in [-0.05, 0) is 26.1 Å². The summed E-state index contributed by atoms with van der Waals surface area (Å²) in [5, 5.41) is 2.92. The third-order valence-corrected chi connectivity index (χ3v) is 3.34. The summed E-state index contributed by atoms with van der Waals surface area (Å²) < 4.78 is 0. The number of carbonyl (C=O) groups is 1. The minimum absolute atomic E-state index is 0.192. The molecule has 1 heterocycles. The van der Waals surface area contributed by atoms with Crippen LogP contribution in [0.3, 0.4) is 0 Å². The Hall–Kier alpha value is -2.27. The Morgan fingerprint density at radius 3 is 2.62 bits per heavy atom. The molecular weight excluding hydrogens is 264 g/mol. The summed E-state index contributed by atoms with van der Waals surface area (Å²) in [6, 6.07) is 10.5. The zero-order valence-electron chi connectivity index (χ0n) is 12.4. The first-order chi connectivity index (χ1) is 10.2. The third kappa shape index (κ3) is 4.65. The number of carbonyl (C=O) groups excluding carboxylic acids is 1. The highest BCUT2D eigenvalue weighted by atomic mass is 16.1. The van der Waals surface area contributed by atoms with Crippen molar-refractivity contribution in [2.75, 3.05) is 20.6 Å². The van der Waals surface area contributed by atoms with Crippen molar-refractivity contribution in [2.24, 2.45) is 0 Å². The molecule has 5 heteroatoms. The summed E-state index contributed by atoms with van der Waals surface area (Å²) in [5.41, 5.74) is 1.60. The second-order valence-corrected chi connectivity index (χ2v) is 5.11. The molecule has 1 atom stereocenters. The fraction of sp³-hybridized carbons (Fsp3) is 0.312. The van der Waals surface area contributed by atoms with Crippen LogP contribution < -0.4 is 5.32 Å². The quantitative estimate of drug-likeness (QED) is 0.870. The molecule has 5 nitrogen and oxygen atoms in total. The number of hydrogen-bond donors (Lipinski definition) is 1. The minimum atomic E-state index is -0.192. The van der Waals surface area contributed by atoms with Crippen LogP contribution in [0.5, 0.6) is 0 Å². The molecule has 110 valence electrons. The predicted octanol–water partition coefficient (Wildman–Crippen LogP) is 1.38. The van der Waals surface area contributed by atoms with Crippen LogP contribution >= 0.6 is 0 Å². The SMILES string of the molecule is CN(C)C(CNC(=O)c1cnccn1)Cc1ccccc1. The van der Waals surface area contributed by atoms with Gasteiger partial charge in [0.25, 0.3) is 5.91 Å². The molecule has 0 saturated heterocycles. The van der Waals surface area contributed by atoms with Gasteiger partial charge in [0.2, 0.25) is 0 Å². The van der Waals surface area contributed by atoms with E-state index in [-0.39, 0.29) is 11.9 Å². The van der Waals surface area contributed by atoms with E-state index in [4.69, 9.17) is 0 Å². The van der Waals surface area contributed by atoms with E-state index in [1.54, 1.807) is 6.20 Å². The van der Waals surface area contributed by atoms with E-state index < -0.39 is 0 Å². The van der Waals surface area contributed by atoms with Crippen LogP contribution in [-0.2, 0) is 6.42 Å². The maximum Gasteiger partial charge on any atom is 0.271 e. The molecule has 0 fully saturated rings. The molecule has 21 heavy (non-hydrogen) atoms. The summed E-state index contributed by atoms with van der Waals surface area (Å²) in [6.45, 7) is 0.567. The normalized spacial score (nSPS) is 12.1. The minimum Gasteiger partial charge on any atom is -0.349 e. The van der Waals surface area contributed by atoms with Crippen molar-refractivity contribution in [3.8, 4) is 0 Å². The lowest BCUT2D eigenvalue weighted by atomic mass is 10.1. The van der Waals surface area contributed by atoms with E-state index in [1.165, 1.54) is 18.0 Å². The molecule has 0 aliphatic rings. The lowest BCUT2D eigenvalue weighted by molar-refractivity contribution is 0.0936. The van der Waals surface area contributed by atoms with E-state index in [0.717, 1.165) is 6.42 Å². The van der Waals surface area contributed by atoms with Gasteiger partial charge >= 0.3 is 0 Å². The second kappa shape index (κ2) is 7.50. The Labute approximate surface area is 125 Å². The summed E-state index contributed by atoms with van der Waals surface area (Å²) in [4.78, 5) is 22.0. The first-order valence-electron chi connectivity index (χ1n) is 6.91. The molecule has 2 rings (SSSR count). The highest BCUT2D eigenvalue weighted by Gasteiger charge is 2.14.